The number of carbonyl (C=O) groups is 1. The maximum absolute atomic E-state index is 13.5. The van der Waals surface area contributed by atoms with E-state index in [9.17, 15) is 14.0 Å². The van der Waals surface area contributed by atoms with E-state index in [1.165, 1.54) is 23.0 Å². The van der Waals surface area contributed by atoms with Crippen LogP contribution in [0.4, 0.5) is 4.39 Å². The Morgan fingerprint density at radius 1 is 1.25 bits per heavy atom. The minimum Gasteiger partial charge on any atom is -0.350 e. The number of hydrogen-bond acceptors (Lipinski definition) is 3. The average Bonchev–Trinajstić information content (AvgIpc) is 3.07. The van der Waals surface area contributed by atoms with Crippen molar-refractivity contribution < 1.29 is 9.18 Å². The van der Waals surface area contributed by atoms with Crippen molar-refractivity contribution in [1.82, 2.24) is 19.9 Å². The van der Waals surface area contributed by atoms with Crippen LogP contribution in [0.1, 0.15) is 24.9 Å². The van der Waals surface area contributed by atoms with Crippen LogP contribution in [-0.2, 0) is 11.3 Å². The summed E-state index contributed by atoms with van der Waals surface area (Å²) in [5, 5.41) is 3.49. The van der Waals surface area contributed by atoms with Gasteiger partial charge in [0.1, 0.15) is 16.9 Å². The van der Waals surface area contributed by atoms with E-state index < -0.39 is 0 Å². The number of halogens is 1. The lowest BCUT2D eigenvalue weighted by Crippen LogP contribution is -2.29. The first-order valence-corrected chi connectivity index (χ1v) is 9.03. The van der Waals surface area contributed by atoms with Gasteiger partial charge < -0.3 is 10.3 Å². The molecule has 0 spiro atoms. The molecule has 2 N–H and O–H groups in total. The molecule has 7 heteroatoms. The minimum atomic E-state index is -0.386. The number of hydrogen-bond donors (Lipinski definition) is 2. The van der Waals surface area contributed by atoms with Gasteiger partial charge in [-0.3, -0.25) is 14.2 Å². The van der Waals surface area contributed by atoms with Crippen LogP contribution in [0, 0.1) is 5.82 Å². The Balaban J connectivity index is 1.50. The smallest absolute Gasteiger partial charge is 0.277 e. The highest BCUT2D eigenvalue weighted by Gasteiger charge is 2.13. The summed E-state index contributed by atoms with van der Waals surface area (Å²) in [6.07, 6.45) is 1.55. The number of aryl methyl sites for hydroxylation is 1. The van der Waals surface area contributed by atoms with Crippen molar-refractivity contribution in [3.05, 3.63) is 76.6 Å². The van der Waals surface area contributed by atoms with E-state index in [2.05, 4.69) is 15.3 Å². The third-order valence-electron chi connectivity index (χ3n) is 4.79. The first-order valence-electron chi connectivity index (χ1n) is 9.03. The number of nitrogens with one attached hydrogen (secondary N) is 2. The molecule has 28 heavy (non-hydrogen) atoms. The Hall–Kier alpha value is -3.48. The van der Waals surface area contributed by atoms with Gasteiger partial charge in [0.05, 0.1) is 12.4 Å². The van der Waals surface area contributed by atoms with Crippen LogP contribution in [0.25, 0.3) is 21.9 Å². The van der Waals surface area contributed by atoms with Gasteiger partial charge in [0.2, 0.25) is 5.91 Å². The summed E-state index contributed by atoms with van der Waals surface area (Å²) in [7, 11) is 0. The van der Waals surface area contributed by atoms with Crippen LogP contribution in [0.15, 0.2) is 59.7 Å². The summed E-state index contributed by atoms with van der Waals surface area (Å²) in [5.41, 5.74) is 2.11. The maximum atomic E-state index is 13.5. The quantitative estimate of drug-likeness (QED) is 0.559. The normalized spacial score (nSPS) is 12.4. The number of nitrogens with zero attached hydrogens (tertiary/aromatic N) is 2. The molecular formula is C21H19FN4O2. The molecule has 0 aliphatic heterocycles. The molecule has 6 nitrogen and oxygen atoms in total. The van der Waals surface area contributed by atoms with Crippen LogP contribution >= 0.6 is 0 Å². The third kappa shape index (κ3) is 3.38. The van der Waals surface area contributed by atoms with Crippen LogP contribution in [0.2, 0.25) is 0 Å². The van der Waals surface area contributed by atoms with E-state index in [-0.39, 0.29) is 36.3 Å². The molecule has 0 radical (unpaired) electrons. The molecule has 1 atom stereocenters. The number of rotatable bonds is 5. The zero-order chi connectivity index (χ0) is 19.7. The monoisotopic (exact) mass is 378 g/mol. The summed E-state index contributed by atoms with van der Waals surface area (Å²) >= 11 is 0. The molecule has 0 saturated carbocycles. The second kappa shape index (κ2) is 7.26. The van der Waals surface area contributed by atoms with Crippen molar-refractivity contribution in [3.8, 4) is 0 Å². The highest BCUT2D eigenvalue weighted by molar-refractivity contribution is 6.04. The fourth-order valence-corrected chi connectivity index (χ4v) is 3.28. The molecule has 1 amide bonds. The van der Waals surface area contributed by atoms with E-state index in [1.807, 2.05) is 37.3 Å². The Kier molecular flexibility index (Phi) is 4.65. The molecule has 142 valence electrons. The Morgan fingerprint density at radius 3 is 2.82 bits per heavy atom. The van der Waals surface area contributed by atoms with E-state index in [1.54, 1.807) is 6.07 Å². The topological polar surface area (TPSA) is 79.8 Å². The predicted octanol–water partition coefficient (Wildman–Crippen LogP) is 3.28. The summed E-state index contributed by atoms with van der Waals surface area (Å²) in [6, 6.07) is 13.8. The second-order valence-corrected chi connectivity index (χ2v) is 6.73. The Morgan fingerprint density at radius 2 is 2.04 bits per heavy atom. The highest BCUT2D eigenvalue weighted by Crippen LogP contribution is 2.22. The van der Waals surface area contributed by atoms with E-state index in [0.29, 0.717) is 21.9 Å². The molecule has 0 bridgehead atoms. The van der Waals surface area contributed by atoms with Gasteiger partial charge >= 0.3 is 0 Å². The number of H-pyrrole nitrogens is 1. The van der Waals surface area contributed by atoms with Crippen molar-refractivity contribution in [2.45, 2.75) is 25.9 Å². The van der Waals surface area contributed by atoms with Gasteiger partial charge in [0, 0.05) is 23.9 Å². The third-order valence-corrected chi connectivity index (χ3v) is 4.79. The van der Waals surface area contributed by atoms with Crippen molar-refractivity contribution in [3.63, 3.8) is 0 Å². The molecule has 0 saturated heterocycles. The lowest BCUT2D eigenvalue weighted by Gasteiger charge is -2.14. The Labute approximate surface area is 160 Å². The van der Waals surface area contributed by atoms with Gasteiger partial charge in [-0.2, -0.15) is 0 Å². The maximum Gasteiger partial charge on any atom is 0.277 e. The van der Waals surface area contributed by atoms with Gasteiger partial charge in [0.15, 0.2) is 0 Å². The summed E-state index contributed by atoms with van der Waals surface area (Å²) < 4.78 is 14.9. The molecule has 2 heterocycles. The fraction of sp³-hybridized carbons (Fsp3) is 0.190. The molecule has 4 rings (SSSR count). The number of aromatic nitrogens is 3. The lowest BCUT2D eigenvalue weighted by atomic mass is 10.1. The first-order chi connectivity index (χ1) is 13.5. The predicted molar refractivity (Wildman–Crippen MR) is 105 cm³/mol. The van der Waals surface area contributed by atoms with Gasteiger partial charge in [-0.25, -0.2) is 9.37 Å². The zero-order valence-corrected chi connectivity index (χ0v) is 15.3. The molecular weight excluding hydrogens is 359 g/mol. The van der Waals surface area contributed by atoms with E-state index >= 15 is 0 Å². The number of benzene rings is 2. The largest absolute Gasteiger partial charge is 0.350 e. The summed E-state index contributed by atoms with van der Waals surface area (Å²) in [5.74, 6) is -0.536. The highest BCUT2D eigenvalue weighted by atomic mass is 19.1. The molecule has 1 unspecified atom stereocenters. The van der Waals surface area contributed by atoms with Crippen molar-refractivity contribution >= 4 is 27.8 Å². The standard InChI is InChI=1S/C21H19FN4O2/c1-13(14-5-3-2-4-6-14)24-18(27)9-10-26-12-23-19-16-11-15(22)7-8-17(16)25-20(19)21(26)28/h2-8,11-13,25H,9-10H2,1H3,(H,24,27). The number of carbonyl (C=O) groups excluding carboxylic acids is 1. The van der Waals surface area contributed by atoms with E-state index in [4.69, 9.17) is 0 Å². The molecule has 0 fully saturated rings. The summed E-state index contributed by atoms with van der Waals surface area (Å²) in [6.45, 7) is 2.12. The summed E-state index contributed by atoms with van der Waals surface area (Å²) in [4.78, 5) is 32.2. The van der Waals surface area contributed by atoms with Crippen LogP contribution in [0.5, 0.6) is 0 Å². The van der Waals surface area contributed by atoms with Gasteiger partial charge in [-0.15, -0.1) is 0 Å². The zero-order valence-electron chi connectivity index (χ0n) is 15.3. The van der Waals surface area contributed by atoms with Crippen molar-refractivity contribution in [2.24, 2.45) is 0 Å². The van der Waals surface area contributed by atoms with Gasteiger partial charge in [-0.1, -0.05) is 30.3 Å². The molecule has 2 aromatic heterocycles. The molecule has 2 aromatic carbocycles. The molecule has 0 aliphatic carbocycles. The van der Waals surface area contributed by atoms with Gasteiger partial charge in [0.25, 0.3) is 5.56 Å². The Bertz CT molecular complexity index is 1210. The second-order valence-electron chi connectivity index (χ2n) is 6.73. The molecule has 4 aromatic rings. The van der Waals surface area contributed by atoms with Crippen LogP contribution in [0.3, 0.4) is 0 Å². The first kappa shape index (κ1) is 17.9. The lowest BCUT2D eigenvalue weighted by molar-refractivity contribution is -0.121. The average molecular weight is 378 g/mol. The van der Waals surface area contributed by atoms with Crippen molar-refractivity contribution in [1.29, 1.82) is 0 Å². The van der Waals surface area contributed by atoms with Crippen LogP contribution < -0.4 is 10.9 Å². The minimum absolute atomic E-state index is 0.116. The van der Waals surface area contributed by atoms with Crippen molar-refractivity contribution in [2.75, 3.05) is 0 Å². The van der Waals surface area contributed by atoms with E-state index in [0.717, 1.165) is 5.56 Å². The number of aromatic amines is 1. The van der Waals surface area contributed by atoms with Crippen LogP contribution in [-0.4, -0.2) is 20.4 Å². The van der Waals surface area contributed by atoms with Gasteiger partial charge in [-0.05, 0) is 30.7 Å². The number of fused-ring (bicyclic) bond motifs is 3. The number of amides is 1. The SMILES string of the molecule is CC(NC(=O)CCn1cnc2c([nH]c3ccc(F)cc32)c1=O)c1ccccc1. The molecule has 0 aliphatic rings. The fourth-order valence-electron chi connectivity index (χ4n) is 3.28.